The number of carboxylic acids is 1. The first-order chi connectivity index (χ1) is 23.9. The first kappa shape index (κ1) is 35.6. The molecule has 0 unspecified atom stereocenters. The number of nitrogens with one attached hydrogen (secondary N) is 3. The van der Waals surface area contributed by atoms with Crippen molar-refractivity contribution in [3.63, 3.8) is 0 Å². The fourth-order valence-electron chi connectivity index (χ4n) is 5.95. The number of ether oxygens (including phenoxy) is 1. The minimum atomic E-state index is -1.47. The zero-order chi connectivity index (χ0) is 35.8. The molecule has 260 valence electrons. The van der Waals surface area contributed by atoms with Gasteiger partial charge >= 0.3 is 0 Å². The van der Waals surface area contributed by atoms with Gasteiger partial charge in [0.05, 0.1) is 33.2 Å². The fourth-order valence-corrected chi connectivity index (χ4v) is 5.95. The fraction of sp³-hybridized carbons (Fsp3) is 0.282. The third-order valence-corrected chi connectivity index (χ3v) is 8.76. The number of aliphatic carboxylic acids is 1. The lowest BCUT2D eigenvalue weighted by molar-refractivity contribution is -0.886. The number of phenols is 1. The molecular weight excluding hydrogens is 636 g/mol. The van der Waals surface area contributed by atoms with E-state index in [1.165, 1.54) is 0 Å². The van der Waals surface area contributed by atoms with Gasteiger partial charge in [0.1, 0.15) is 23.6 Å². The average Bonchev–Trinajstić information content (AvgIpc) is 3.09. The van der Waals surface area contributed by atoms with Gasteiger partial charge in [-0.2, -0.15) is 0 Å². The second kappa shape index (κ2) is 15.7. The van der Waals surface area contributed by atoms with Gasteiger partial charge in [0.2, 0.25) is 11.8 Å². The molecule has 11 nitrogen and oxygen atoms in total. The molecule has 0 fully saturated rings. The third-order valence-electron chi connectivity index (χ3n) is 8.76. The number of amides is 3. The van der Waals surface area contributed by atoms with Crippen LogP contribution in [0, 0.1) is 0 Å². The molecule has 2 heterocycles. The van der Waals surface area contributed by atoms with Crippen molar-refractivity contribution in [3.05, 3.63) is 131 Å². The molecule has 50 heavy (non-hydrogen) atoms. The summed E-state index contributed by atoms with van der Waals surface area (Å²) in [6.45, 7) is 0. The van der Waals surface area contributed by atoms with E-state index in [4.69, 9.17) is 4.74 Å². The summed E-state index contributed by atoms with van der Waals surface area (Å²) in [6.07, 6.45) is -0.737. The predicted molar refractivity (Wildman–Crippen MR) is 185 cm³/mol. The van der Waals surface area contributed by atoms with Crippen LogP contribution in [0.1, 0.15) is 28.4 Å². The molecule has 0 spiro atoms. The van der Waals surface area contributed by atoms with Crippen molar-refractivity contribution in [1.29, 1.82) is 0 Å². The van der Waals surface area contributed by atoms with Gasteiger partial charge in [-0.1, -0.05) is 84.9 Å². The summed E-state index contributed by atoms with van der Waals surface area (Å²) in [5.41, 5.74) is 2.76. The lowest BCUT2D eigenvalue weighted by atomic mass is 9.97. The Morgan fingerprint density at radius 3 is 2.06 bits per heavy atom. The monoisotopic (exact) mass is 678 g/mol. The van der Waals surface area contributed by atoms with E-state index in [-0.39, 0.29) is 23.1 Å². The molecule has 5 atom stereocenters. The number of nitrogens with zero attached hydrogens (tertiary/aromatic N) is 1. The SMILES string of the molecule is C[N+](C)(C)[C@@H](Cc1ccc(O)cc1)C(=O)N[C@@H]1C(=O)N[C@@H](Cc2ccccc2)C(=O)N[C@H](C(=O)[O-])Cc2ccc(cc2)O[C@@H]1c1ccccc1. The molecule has 0 saturated carbocycles. The zero-order valence-electron chi connectivity index (χ0n) is 28.2. The molecular formula is C39H42N4O7. The van der Waals surface area contributed by atoms with Crippen LogP contribution in [0.15, 0.2) is 109 Å². The largest absolute Gasteiger partial charge is 0.548 e. The number of benzene rings is 4. The van der Waals surface area contributed by atoms with Crippen molar-refractivity contribution < 1.29 is 38.6 Å². The van der Waals surface area contributed by atoms with Gasteiger partial charge in [-0.15, -0.1) is 0 Å². The van der Waals surface area contributed by atoms with Crippen LogP contribution in [0.25, 0.3) is 0 Å². The Labute approximate surface area is 291 Å². The van der Waals surface area contributed by atoms with Crippen LogP contribution < -0.4 is 25.8 Å². The predicted octanol–water partition coefficient (Wildman–Crippen LogP) is 1.83. The van der Waals surface area contributed by atoms with Crippen LogP contribution in [-0.2, 0) is 38.4 Å². The minimum Gasteiger partial charge on any atom is -0.548 e. The van der Waals surface area contributed by atoms with Gasteiger partial charge in [-0.25, -0.2) is 0 Å². The number of carbonyl (C=O) groups is 4. The highest BCUT2D eigenvalue weighted by Crippen LogP contribution is 2.27. The van der Waals surface area contributed by atoms with Gasteiger partial charge in [0, 0.05) is 12.8 Å². The standard InChI is InChI=1S/C39H42N4O7/c1-43(2,3)33(24-27-14-18-29(44)19-15-27)37(46)42-34-35(28-12-8-5-9-13-28)50-30-20-16-26(17-21-30)23-32(39(48)49)41-36(45)31(40-38(34)47)22-25-10-6-4-7-11-25/h4-21,31-35H,22-24H2,1-3H3,(H4-,40,41,42,44,45,46,47,48,49)/t31-,32-,33-,34-,35+/m0/s1. The first-order valence-electron chi connectivity index (χ1n) is 16.4. The molecule has 11 heteroatoms. The quantitative estimate of drug-likeness (QED) is 0.197. The van der Waals surface area contributed by atoms with Gasteiger partial charge in [-0.05, 0) is 52.9 Å². The molecule has 0 aliphatic carbocycles. The maximum absolute atomic E-state index is 14.5. The number of rotatable bonds is 9. The maximum Gasteiger partial charge on any atom is 0.279 e. The van der Waals surface area contributed by atoms with Crippen molar-refractivity contribution in [3.8, 4) is 11.5 Å². The van der Waals surface area contributed by atoms with Crippen LogP contribution in [0.4, 0.5) is 0 Å². The Balaban J connectivity index is 1.58. The number of hydrogen-bond acceptors (Lipinski definition) is 7. The van der Waals surface area contributed by atoms with Crippen molar-refractivity contribution in [2.24, 2.45) is 0 Å². The molecule has 4 N–H and O–H groups in total. The van der Waals surface area contributed by atoms with E-state index in [2.05, 4.69) is 16.0 Å². The van der Waals surface area contributed by atoms with E-state index in [0.717, 1.165) is 11.1 Å². The first-order valence-corrected chi connectivity index (χ1v) is 16.4. The summed E-state index contributed by atoms with van der Waals surface area (Å²) in [6, 6.07) is 26.7. The molecule has 0 aromatic heterocycles. The second-order valence-electron chi connectivity index (χ2n) is 13.4. The summed E-state index contributed by atoms with van der Waals surface area (Å²) in [5.74, 6) is -2.84. The number of carbonyl (C=O) groups excluding carboxylic acids is 4. The minimum absolute atomic E-state index is 0.0470. The molecule has 2 aliphatic rings. The number of phenolic OH excluding ortho intramolecular Hbond substituents is 1. The molecule has 0 radical (unpaired) electrons. The van der Waals surface area contributed by atoms with Crippen molar-refractivity contribution in [2.45, 2.75) is 49.5 Å². The summed E-state index contributed by atoms with van der Waals surface area (Å²) < 4.78 is 6.71. The summed E-state index contributed by atoms with van der Waals surface area (Å²) in [4.78, 5) is 54.8. The van der Waals surface area contributed by atoms with Crippen molar-refractivity contribution in [1.82, 2.24) is 16.0 Å². The average molecular weight is 679 g/mol. The van der Waals surface area contributed by atoms with Crippen LogP contribution in [0.2, 0.25) is 0 Å². The molecule has 2 bridgehead atoms. The van der Waals surface area contributed by atoms with Crippen LogP contribution >= 0.6 is 0 Å². The molecule has 0 saturated heterocycles. The smallest absolute Gasteiger partial charge is 0.279 e. The highest BCUT2D eigenvalue weighted by atomic mass is 16.5. The maximum atomic E-state index is 14.5. The summed E-state index contributed by atoms with van der Waals surface area (Å²) in [5, 5.41) is 30.3. The van der Waals surface area contributed by atoms with Crippen molar-refractivity contribution in [2.75, 3.05) is 21.1 Å². The lowest BCUT2D eigenvalue weighted by Gasteiger charge is -2.36. The zero-order valence-corrected chi connectivity index (χ0v) is 28.2. The number of aromatic hydroxyl groups is 1. The van der Waals surface area contributed by atoms with Gasteiger partial charge in [0.25, 0.3) is 5.91 Å². The normalized spacial score (nSPS) is 20.4. The van der Waals surface area contributed by atoms with E-state index in [1.54, 1.807) is 97.1 Å². The number of fused-ring (bicyclic) bond motifs is 11. The highest BCUT2D eigenvalue weighted by Gasteiger charge is 2.40. The van der Waals surface area contributed by atoms with E-state index < -0.39 is 54.0 Å². The van der Waals surface area contributed by atoms with Gasteiger partial charge in [0.15, 0.2) is 12.1 Å². The summed E-state index contributed by atoms with van der Waals surface area (Å²) in [7, 11) is 5.62. The number of quaternary nitrogens is 1. The number of carboxylic acid groups (broad SMARTS) is 1. The molecule has 2 aliphatic heterocycles. The Kier molecular flexibility index (Phi) is 11.2. The Morgan fingerprint density at radius 1 is 0.840 bits per heavy atom. The van der Waals surface area contributed by atoms with E-state index >= 15 is 0 Å². The van der Waals surface area contributed by atoms with E-state index in [1.807, 2.05) is 33.3 Å². The van der Waals surface area contributed by atoms with Crippen molar-refractivity contribution >= 4 is 23.7 Å². The van der Waals surface area contributed by atoms with Crippen LogP contribution in [0.3, 0.4) is 0 Å². The number of likely N-dealkylation sites (N-methyl/N-ethyl adjacent to an activating group) is 1. The lowest BCUT2D eigenvalue weighted by Crippen LogP contribution is -2.62. The van der Waals surface area contributed by atoms with Gasteiger partial charge in [-0.3, -0.25) is 14.4 Å². The summed E-state index contributed by atoms with van der Waals surface area (Å²) >= 11 is 0. The second-order valence-corrected chi connectivity index (χ2v) is 13.4. The highest BCUT2D eigenvalue weighted by molar-refractivity contribution is 5.94. The Morgan fingerprint density at radius 2 is 1.46 bits per heavy atom. The van der Waals surface area contributed by atoms with E-state index in [0.29, 0.717) is 23.3 Å². The number of hydrogen-bond donors (Lipinski definition) is 4. The molecule has 6 rings (SSSR count). The topological polar surface area (TPSA) is 157 Å². The Bertz CT molecular complexity index is 1780. The van der Waals surface area contributed by atoms with Crippen LogP contribution in [0.5, 0.6) is 11.5 Å². The van der Waals surface area contributed by atoms with Crippen LogP contribution in [-0.4, -0.2) is 78.6 Å². The van der Waals surface area contributed by atoms with E-state index in [9.17, 15) is 29.4 Å². The third kappa shape index (κ3) is 9.26. The molecule has 4 aromatic carbocycles. The Hall–Kier alpha value is -5.68. The molecule has 4 aromatic rings. The van der Waals surface area contributed by atoms with Gasteiger partial charge < -0.3 is 40.2 Å². The molecule has 3 amide bonds.